The van der Waals surface area contributed by atoms with Gasteiger partial charge in [-0.3, -0.25) is 9.10 Å². The number of methoxy groups -OCH3 is 1. The molecule has 0 aliphatic carbocycles. The summed E-state index contributed by atoms with van der Waals surface area (Å²) in [6, 6.07) is 16.0. The van der Waals surface area contributed by atoms with Crippen LogP contribution in [0.25, 0.3) is 0 Å². The predicted molar refractivity (Wildman–Crippen MR) is 114 cm³/mol. The van der Waals surface area contributed by atoms with Gasteiger partial charge in [0.1, 0.15) is 11.6 Å². The van der Waals surface area contributed by atoms with E-state index in [2.05, 4.69) is 5.32 Å². The van der Waals surface area contributed by atoms with Crippen LogP contribution < -0.4 is 14.4 Å². The molecule has 0 bridgehead atoms. The van der Waals surface area contributed by atoms with Gasteiger partial charge in [0.2, 0.25) is 0 Å². The fraction of sp³-hybridized carbons (Fsp3) is 0.0952. The van der Waals surface area contributed by atoms with Crippen molar-refractivity contribution in [2.24, 2.45) is 0 Å². The molecule has 0 spiro atoms. The zero-order chi connectivity index (χ0) is 21.9. The van der Waals surface area contributed by atoms with Crippen molar-refractivity contribution < 1.29 is 22.3 Å². The summed E-state index contributed by atoms with van der Waals surface area (Å²) in [4.78, 5) is 12.4. The first-order valence-corrected chi connectivity index (χ1v) is 10.5. The van der Waals surface area contributed by atoms with E-state index in [9.17, 15) is 17.6 Å². The number of nitrogens with zero attached hydrogens (tertiary/aromatic N) is 1. The quantitative estimate of drug-likeness (QED) is 0.599. The molecule has 0 radical (unpaired) electrons. The Hall–Kier alpha value is -3.10. The first-order chi connectivity index (χ1) is 14.2. The number of halogens is 2. The van der Waals surface area contributed by atoms with Crippen LogP contribution >= 0.6 is 11.6 Å². The monoisotopic (exact) mass is 448 g/mol. The molecule has 6 nitrogen and oxygen atoms in total. The van der Waals surface area contributed by atoms with E-state index < -0.39 is 21.7 Å². The number of hydrogen-bond donors (Lipinski definition) is 1. The number of sulfonamides is 1. The number of nitrogens with one attached hydrogen (secondary N) is 1. The summed E-state index contributed by atoms with van der Waals surface area (Å²) in [5.74, 6) is -0.666. The van der Waals surface area contributed by atoms with Crippen LogP contribution in [0.4, 0.5) is 15.8 Å². The Morgan fingerprint density at radius 1 is 1.07 bits per heavy atom. The summed E-state index contributed by atoms with van der Waals surface area (Å²) >= 11 is 5.71. The number of anilines is 2. The molecule has 3 aromatic rings. The van der Waals surface area contributed by atoms with Crippen LogP contribution in [0, 0.1) is 5.82 Å². The number of ether oxygens (including phenoxy) is 1. The SMILES string of the molecule is COc1ccccc1N(C)S(=O)(=O)c1ccc(C(=O)Nc2ccc(F)c(Cl)c2)cc1. The zero-order valence-corrected chi connectivity index (χ0v) is 17.7. The van der Waals surface area contributed by atoms with Gasteiger partial charge in [-0.1, -0.05) is 23.7 Å². The van der Waals surface area contributed by atoms with Crippen LogP contribution in [0.1, 0.15) is 10.4 Å². The standard InChI is InChI=1S/C21H18ClFN2O4S/c1-25(19-5-3-4-6-20(19)29-2)30(27,28)16-10-7-14(8-11-16)21(26)24-15-9-12-18(23)17(22)13-15/h3-13H,1-2H3,(H,24,26). The molecule has 0 saturated carbocycles. The first kappa shape index (κ1) is 21.6. The molecular weight excluding hydrogens is 431 g/mol. The Balaban J connectivity index is 1.81. The van der Waals surface area contributed by atoms with Gasteiger partial charge in [-0.25, -0.2) is 12.8 Å². The third kappa shape index (κ3) is 4.39. The first-order valence-electron chi connectivity index (χ1n) is 8.72. The van der Waals surface area contributed by atoms with E-state index in [-0.39, 0.29) is 15.5 Å². The van der Waals surface area contributed by atoms with Crippen LogP contribution in [-0.2, 0) is 10.0 Å². The van der Waals surface area contributed by atoms with Crippen molar-refractivity contribution >= 4 is 38.9 Å². The van der Waals surface area contributed by atoms with Crippen molar-refractivity contribution in [2.75, 3.05) is 23.8 Å². The average molecular weight is 449 g/mol. The second kappa shape index (κ2) is 8.73. The van der Waals surface area contributed by atoms with Crippen molar-refractivity contribution in [3.8, 4) is 5.75 Å². The molecule has 156 valence electrons. The number of carbonyl (C=O) groups excluding carboxylic acids is 1. The van der Waals surface area contributed by atoms with Gasteiger partial charge in [-0.2, -0.15) is 0 Å². The fourth-order valence-electron chi connectivity index (χ4n) is 2.73. The smallest absolute Gasteiger partial charge is 0.264 e. The summed E-state index contributed by atoms with van der Waals surface area (Å²) < 4.78 is 45.5. The highest BCUT2D eigenvalue weighted by Gasteiger charge is 2.24. The van der Waals surface area contributed by atoms with Crippen molar-refractivity contribution in [1.29, 1.82) is 0 Å². The molecule has 0 aromatic heterocycles. The van der Waals surface area contributed by atoms with Gasteiger partial charge < -0.3 is 10.1 Å². The minimum Gasteiger partial charge on any atom is -0.495 e. The normalized spacial score (nSPS) is 11.1. The fourth-order valence-corrected chi connectivity index (χ4v) is 4.12. The number of rotatable bonds is 6. The van der Waals surface area contributed by atoms with E-state index in [4.69, 9.17) is 16.3 Å². The lowest BCUT2D eigenvalue weighted by molar-refractivity contribution is 0.102. The molecule has 0 saturated heterocycles. The highest BCUT2D eigenvalue weighted by molar-refractivity contribution is 7.92. The van der Waals surface area contributed by atoms with Gasteiger partial charge in [0, 0.05) is 18.3 Å². The Bertz CT molecular complexity index is 1180. The topological polar surface area (TPSA) is 75.7 Å². The molecular formula is C21H18ClFN2O4S. The van der Waals surface area contributed by atoms with Gasteiger partial charge in [0.25, 0.3) is 15.9 Å². The van der Waals surface area contributed by atoms with Gasteiger partial charge in [0.15, 0.2) is 0 Å². The van der Waals surface area contributed by atoms with E-state index in [1.807, 2.05) is 0 Å². The molecule has 0 aliphatic heterocycles. The maximum atomic E-state index is 13.2. The number of para-hydroxylation sites is 2. The lowest BCUT2D eigenvalue weighted by Crippen LogP contribution is -2.27. The number of amides is 1. The van der Waals surface area contributed by atoms with Crippen LogP contribution in [0.15, 0.2) is 71.6 Å². The van der Waals surface area contributed by atoms with Crippen molar-refractivity contribution in [2.45, 2.75) is 4.90 Å². The maximum absolute atomic E-state index is 13.2. The van der Waals surface area contributed by atoms with Crippen LogP contribution in [0.3, 0.4) is 0 Å². The molecule has 1 N–H and O–H groups in total. The maximum Gasteiger partial charge on any atom is 0.264 e. The molecule has 3 rings (SSSR count). The lowest BCUT2D eigenvalue weighted by Gasteiger charge is -2.21. The van der Waals surface area contributed by atoms with Gasteiger partial charge >= 0.3 is 0 Å². The van der Waals surface area contributed by atoms with E-state index in [0.717, 1.165) is 10.4 Å². The highest BCUT2D eigenvalue weighted by Crippen LogP contribution is 2.31. The van der Waals surface area contributed by atoms with Crippen molar-refractivity contribution in [3.05, 3.63) is 83.1 Å². The van der Waals surface area contributed by atoms with E-state index in [0.29, 0.717) is 17.1 Å². The zero-order valence-electron chi connectivity index (χ0n) is 16.1. The van der Waals surface area contributed by atoms with Crippen LogP contribution in [0.2, 0.25) is 5.02 Å². The number of carbonyl (C=O) groups is 1. The van der Waals surface area contributed by atoms with Crippen molar-refractivity contribution in [1.82, 2.24) is 0 Å². The second-order valence-corrected chi connectivity index (χ2v) is 8.63. The third-order valence-corrected chi connectivity index (χ3v) is 6.45. The van der Waals surface area contributed by atoms with Gasteiger partial charge in [-0.15, -0.1) is 0 Å². The second-order valence-electron chi connectivity index (χ2n) is 6.25. The molecule has 0 aliphatic rings. The summed E-state index contributed by atoms with van der Waals surface area (Å²) in [6.07, 6.45) is 0. The summed E-state index contributed by atoms with van der Waals surface area (Å²) in [5, 5.41) is 2.46. The minimum absolute atomic E-state index is 0.0114. The Morgan fingerprint density at radius 2 is 1.73 bits per heavy atom. The van der Waals surface area contributed by atoms with Gasteiger partial charge in [0.05, 0.1) is 22.7 Å². The van der Waals surface area contributed by atoms with Crippen LogP contribution in [0.5, 0.6) is 5.75 Å². The molecule has 0 atom stereocenters. The minimum atomic E-state index is -3.87. The molecule has 9 heteroatoms. The summed E-state index contributed by atoms with van der Waals surface area (Å²) in [6.45, 7) is 0. The summed E-state index contributed by atoms with van der Waals surface area (Å²) in [5.41, 5.74) is 0.934. The molecule has 30 heavy (non-hydrogen) atoms. The largest absolute Gasteiger partial charge is 0.495 e. The van der Waals surface area contributed by atoms with Crippen LogP contribution in [-0.4, -0.2) is 28.5 Å². The molecule has 3 aromatic carbocycles. The lowest BCUT2D eigenvalue weighted by atomic mass is 10.2. The van der Waals surface area contributed by atoms with E-state index in [1.165, 1.54) is 50.6 Å². The molecule has 0 fully saturated rings. The number of benzene rings is 3. The highest BCUT2D eigenvalue weighted by atomic mass is 35.5. The Kier molecular flexibility index (Phi) is 6.28. The van der Waals surface area contributed by atoms with Crippen molar-refractivity contribution in [3.63, 3.8) is 0 Å². The molecule has 0 heterocycles. The predicted octanol–water partition coefficient (Wildman–Crippen LogP) is 4.57. The molecule has 1 amide bonds. The summed E-state index contributed by atoms with van der Waals surface area (Å²) in [7, 11) is -0.992. The average Bonchev–Trinajstić information content (AvgIpc) is 2.75. The molecule has 0 unspecified atom stereocenters. The number of hydrogen-bond acceptors (Lipinski definition) is 4. The van der Waals surface area contributed by atoms with E-state index >= 15 is 0 Å². The third-order valence-electron chi connectivity index (χ3n) is 4.38. The van der Waals surface area contributed by atoms with Gasteiger partial charge in [-0.05, 0) is 54.6 Å². The Labute approximate surface area is 178 Å². The Morgan fingerprint density at radius 3 is 2.37 bits per heavy atom. The van der Waals surface area contributed by atoms with E-state index in [1.54, 1.807) is 24.3 Å².